The fourth-order valence-electron chi connectivity index (χ4n) is 4.46. The first kappa shape index (κ1) is 21.9. The fraction of sp³-hybridized carbons (Fsp3) is 0.609. The van der Waals surface area contributed by atoms with Gasteiger partial charge in [-0.05, 0) is 56.2 Å². The molecule has 1 saturated heterocycles. The molecule has 0 unspecified atom stereocenters. The van der Waals surface area contributed by atoms with Crippen LogP contribution >= 0.6 is 0 Å². The second-order valence-corrected chi connectivity index (χ2v) is 11.4. The lowest BCUT2D eigenvalue weighted by atomic mass is 10.1. The minimum Gasteiger partial charge on any atom is -0.494 e. The summed E-state index contributed by atoms with van der Waals surface area (Å²) >= 11 is 0. The van der Waals surface area contributed by atoms with Crippen LogP contribution in [0, 0.1) is 17.3 Å². The summed E-state index contributed by atoms with van der Waals surface area (Å²) in [5, 5.41) is 0. The van der Waals surface area contributed by atoms with Gasteiger partial charge in [-0.25, -0.2) is 8.42 Å². The maximum atomic E-state index is 13.6. The van der Waals surface area contributed by atoms with Crippen molar-refractivity contribution in [3.05, 3.63) is 41.5 Å². The Morgan fingerprint density at radius 2 is 1.90 bits per heavy atom. The standard InChI is InChI=1S/C23H33NO4S/c1-6-28-19-9-7-17(8-10-19)14-24(18-11-12-29(26,27)15-18)22(25)21-20(13-16(2)3)23(21,4)5/h7-10,13,18,20-21H,6,11-12,14-15H2,1-5H3/t18-,20+,21-/m1/s1. The van der Waals surface area contributed by atoms with Gasteiger partial charge in [0.2, 0.25) is 5.91 Å². The monoisotopic (exact) mass is 419 g/mol. The summed E-state index contributed by atoms with van der Waals surface area (Å²) in [6, 6.07) is 7.48. The lowest BCUT2D eigenvalue weighted by Crippen LogP contribution is -2.42. The summed E-state index contributed by atoms with van der Waals surface area (Å²) in [5.74, 6) is 1.22. The quantitative estimate of drug-likeness (QED) is 0.630. The lowest BCUT2D eigenvalue weighted by Gasteiger charge is -2.29. The molecule has 0 bridgehead atoms. The number of carbonyl (C=O) groups excluding carboxylic acids is 1. The highest BCUT2D eigenvalue weighted by Gasteiger charge is 2.61. The molecule has 1 aromatic rings. The van der Waals surface area contributed by atoms with Crippen molar-refractivity contribution in [3.8, 4) is 5.75 Å². The minimum absolute atomic E-state index is 0.0657. The number of hydrogen-bond acceptors (Lipinski definition) is 4. The van der Waals surface area contributed by atoms with Crippen LogP contribution in [0.3, 0.4) is 0 Å². The number of sulfone groups is 1. The Morgan fingerprint density at radius 1 is 1.24 bits per heavy atom. The maximum absolute atomic E-state index is 13.6. The van der Waals surface area contributed by atoms with Crippen LogP contribution < -0.4 is 4.74 Å². The second kappa shape index (κ2) is 8.13. The average Bonchev–Trinajstić information content (AvgIpc) is 2.96. The zero-order chi connectivity index (χ0) is 21.4. The van der Waals surface area contributed by atoms with Gasteiger partial charge >= 0.3 is 0 Å². The van der Waals surface area contributed by atoms with Crippen molar-refractivity contribution in [3.63, 3.8) is 0 Å². The average molecular weight is 420 g/mol. The molecular weight excluding hydrogens is 386 g/mol. The summed E-state index contributed by atoms with van der Waals surface area (Å²) < 4.78 is 29.7. The summed E-state index contributed by atoms with van der Waals surface area (Å²) in [6.07, 6.45) is 2.70. The molecule has 6 heteroatoms. The molecule has 0 spiro atoms. The first-order chi connectivity index (χ1) is 13.5. The molecule has 160 valence electrons. The number of benzene rings is 1. The van der Waals surface area contributed by atoms with E-state index in [0.717, 1.165) is 11.3 Å². The third-order valence-electron chi connectivity index (χ3n) is 6.21. The normalized spacial score (nSPS) is 26.6. The third kappa shape index (κ3) is 4.85. The SMILES string of the molecule is CCOc1ccc(CN(C(=O)[C@H]2[C@H](C=C(C)C)C2(C)C)[C@@H]2CCS(=O)(=O)C2)cc1. The third-order valence-corrected chi connectivity index (χ3v) is 7.96. The van der Waals surface area contributed by atoms with E-state index in [-0.39, 0.29) is 40.7 Å². The number of carbonyl (C=O) groups is 1. The van der Waals surface area contributed by atoms with Crippen molar-refractivity contribution < 1.29 is 17.9 Å². The zero-order valence-electron chi connectivity index (χ0n) is 18.1. The molecular formula is C23H33NO4S. The first-order valence-electron chi connectivity index (χ1n) is 10.4. The van der Waals surface area contributed by atoms with Crippen LogP contribution in [0.2, 0.25) is 0 Å². The number of nitrogens with zero attached hydrogens (tertiary/aromatic N) is 1. The molecule has 0 aromatic heterocycles. The van der Waals surface area contributed by atoms with E-state index in [1.54, 1.807) is 0 Å². The Bertz CT molecular complexity index is 882. The number of hydrogen-bond donors (Lipinski definition) is 0. The van der Waals surface area contributed by atoms with Gasteiger partial charge in [0.15, 0.2) is 9.84 Å². The highest BCUT2D eigenvalue weighted by Crippen LogP contribution is 2.60. The number of ether oxygens (including phenoxy) is 1. The molecule has 29 heavy (non-hydrogen) atoms. The van der Waals surface area contributed by atoms with Gasteiger partial charge < -0.3 is 9.64 Å². The fourth-order valence-corrected chi connectivity index (χ4v) is 6.19. The molecule has 2 aliphatic rings. The molecule has 0 N–H and O–H groups in total. The van der Waals surface area contributed by atoms with Gasteiger partial charge in [-0.2, -0.15) is 0 Å². The van der Waals surface area contributed by atoms with E-state index < -0.39 is 9.84 Å². The van der Waals surface area contributed by atoms with Crippen LogP contribution in [0.4, 0.5) is 0 Å². The largest absolute Gasteiger partial charge is 0.494 e. The molecule has 1 aromatic carbocycles. The first-order valence-corrected chi connectivity index (χ1v) is 12.2. The van der Waals surface area contributed by atoms with E-state index in [9.17, 15) is 13.2 Å². The molecule has 1 heterocycles. The molecule has 1 aliphatic carbocycles. The summed E-state index contributed by atoms with van der Waals surface area (Å²) in [6.45, 7) is 11.3. The van der Waals surface area contributed by atoms with Gasteiger partial charge in [-0.15, -0.1) is 0 Å². The number of rotatable bonds is 7. The highest BCUT2D eigenvalue weighted by molar-refractivity contribution is 7.91. The Kier molecular flexibility index (Phi) is 6.13. The van der Waals surface area contributed by atoms with Gasteiger partial charge in [0, 0.05) is 12.6 Å². The van der Waals surface area contributed by atoms with Gasteiger partial charge in [-0.1, -0.05) is 37.6 Å². The summed E-state index contributed by atoms with van der Waals surface area (Å²) in [5.41, 5.74) is 2.10. The van der Waals surface area contributed by atoms with E-state index in [1.807, 2.05) is 36.1 Å². The van der Waals surface area contributed by atoms with E-state index in [0.29, 0.717) is 19.6 Å². The lowest BCUT2D eigenvalue weighted by molar-refractivity contribution is -0.136. The molecule has 0 radical (unpaired) electrons. The van der Waals surface area contributed by atoms with Crippen LogP contribution in [0.15, 0.2) is 35.9 Å². The molecule has 5 nitrogen and oxygen atoms in total. The Morgan fingerprint density at radius 3 is 2.41 bits per heavy atom. The Balaban J connectivity index is 1.84. The van der Waals surface area contributed by atoms with Gasteiger partial charge in [0.1, 0.15) is 5.75 Å². The molecule has 2 fully saturated rings. The predicted molar refractivity (Wildman–Crippen MR) is 115 cm³/mol. The topological polar surface area (TPSA) is 63.7 Å². The number of allylic oxidation sites excluding steroid dienone is 2. The summed E-state index contributed by atoms with van der Waals surface area (Å²) in [4.78, 5) is 15.4. The van der Waals surface area contributed by atoms with Gasteiger partial charge in [-0.3, -0.25) is 4.79 Å². The Hall–Kier alpha value is -1.82. The molecule has 3 atom stereocenters. The predicted octanol–water partition coefficient (Wildman–Crippen LogP) is 3.84. The number of amides is 1. The van der Waals surface area contributed by atoms with Crippen LogP contribution in [0.5, 0.6) is 5.75 Å². The van der Waals surface area contributed by atoms with Crippen molar-refractivity contribution in [2.75, 3.05) is 18.1 Å². The smallest absolute Gasteiger partial charge is 0.227 e. The summed E-state index contributed by atoms with van der Waals surface area (Å²) in [7, 11) is -3.07. The highest BCUT2D eigenvalue weighted by atomic mass is 32.2. The zero-order valence-corrected chi connectivity index (χ0v) is 19.0. The molecule has 1 aliphatic heterocycles. The van der Waals surface area contributed by atoms with Crippen LogP contribution in [-0.2, 0) is 21.2 Å². The van der Waals surface area contributed by atoms with Gasteiger partial charge in [0.05, 0.1) is 24.0 Å². The van der Waals surface area contributed by atoms with E-state index in [4.69, 9.17) is 4.74 Å². The maximum Gasteiger partial charge on any atom is 0.227 e. The van der Waals surface area contributed by atoms with E-state index in [1.165, 1.54) is 5.57 Å². The Labute approximate surface area is 175 Å². The molecule has 1 amide bonds. The molecule has 3 rings (SSSR count). The second-order valence-electron chi connectivity index (χ2n) is 9.17. The van der Waals surface area contributed by atoms with Crippen LogP contribution in [-0.4, -0.2) is 43.4 Å². The van der Waals surface area contributed by atoms with Crippen molar-refractivity contribution >= 4 is 15.7 Å². The molecule has 1 saturated carbocycles. The van der Waals surface area contributed by atoms with Crippen molar-refractivity contribution in [1.82, 2.24) is 4.90 Å². The van der Waals surface area contributed by atoms with Crippen LogP contribution in [0.25, 0.3) is 0 Å². The van der Waals surface area contributed by atoms with Gasteiger partial charge in [0.25, 0.3) is 0 Å². The van der Waals surface area contributed by atoms with Crippen molar-refractivity contribution in [2.45, 2.75) is 53.6 Å². The van der Waals surface area contributed by atoms with E-state index in [2.05, 4.69) is 33.8 Å². The van der Waals surface area contributed by atoms with Crippen molar-refractivity contribution in [2.24, 2.45) is 17.3 Å². The van der Waals surface area contributed by atoms with E-state index >= 15 is 0 Å². The van der Waals surface area contributed by atoms with Crippen molar-refractivity contribution in [1.29, 1.82) is 0 Å². The van der Waals surface area contributed by atoms with Crippen LogP contribution in [0.1, 0.15) is 46.6 Å². The minimum atomic E-state index is -3.07.